The lowest BCUT2D eigenvalue weighted by molar-refractivity contribution is 1.00. The zero-order chi connectivity index (χ0) is 11.9. The number of aromatic nitrogens is 3. The summed E-state index contributed by atoms with van der Waals surface area (Å²) in [6, 6.07) is 3.73. The molecule has 17 heavy (non-hydrogen) atoms. The molecule has 2 rings (SSSR count). The van der Waals surface area contributed by atoms with E-state index in [-0.39, 0.29) is 0 Å². The first-order valence-corrected chi connectivity index (χ1v) is 5.21. The van der Waals surface area contributed by atoms with Gasteiger partial charge in [0.25, 0.3) is 0 Å². The average molecular weight is 228 g/mol. The molecule has 2 aromatic heterocycles. The van der Waals surface area contributed by atoms with Gasteiger partial charge < -0.3 is 10.3 Å². The Morgan fingerprint density at radius 2 is 2.24 bits per heavy atom. The number of aromatic amines is 1. The van der Waals surface area contributed by atoms with E-state index >= 15 is 0 Å². The highest BCUT2D eigenvalue weighted by Crippen LogP contribution is 2.08. The topological polar surface area (TPSA) is 89.4 Å². The van der Waals surface area contributed by atoms with Crippen LogP contribution in [0.3, 0.4) is 0 Å². The van der Waals surface area contributed by atoms with Gasteiger partial charge in [-0.3, -0.25) is 5.32 Å². The highest BCUT2D eigenvalue weighted by atomic mass is 15.1. The monoisotopic (exact) mass is 228 g/mol. The van der Waals surface area contributed by atoms with Gasteiger partial charge in [-0.05, 0) is 18.1 Å². The van der Waals surface area contributed by atoms with Gasteiger partial charge in [-0.15, -0.1) is 0 Å². The molecule has 86 valence electrons. The van der Waals surface area contributed by atoms with Crippen LogP contribution in [0, 0.1) is 11.5 Å². The van der Waals surface area contributed by atoms with Crippen LogP contribution in [-0.2, 0) is 6.42 Å². The van der Waals surface area contributed by atoms with Crippen LogP contribution in [0.15, 0.2) is 30.9 Å². The molecule has 0 atom stereocenters. The van der Waals surface area contributed by atoms with Gasteiger partial charge in [0.2, 0.25) is 0 Å². The first kappa shape index (κ1) is 11.0. The van der Waals surface area contributed by atoms with Crippen LogP contribution in [-0.4, -0.2) is 21.5 Å². The lowest BCUT2D eigenvalue weighted by Crippen LogP contribution is -2.06. The van der Waals surface area contributed by atoms with Crippen molar-refractivity contribution in [3.8, 4) is 6.19 Å². The molecule has 2 aromatic rings. The van der Waals surface area contributed by atoms with E-state index < -0.39 is 0 Å². The third kappa shape index (κ3) is 3.21. The summed E-state index contributed by atoms with van der Waals surface area (Å²) in [5, 5.41) is 14.1. The minimum Gasteiger partial charge on any atom is -0.370 e. The number of nitrogens with zero attached hydrogens (tertiary/aromatic N) is 3. The molecule has 0 aliphatic carbocycles. The van der Waals surface area contributed by atoms with Crippen LogP contribution < -0.4 is 10.6 Å². The lowest BCUT2D eigenvalue weighted by Gasteiger charge is -2.05. The fourth-order valence-electron chi connectivity index (χ4n) is 1.43. The van der Waals surface area contributed by atoms with Gasteiger partial charge >= 0.3 is 0 Å². The Hall–Kier alpha value is -2.55. The predicted octanol–water partition coefficient (Wildman–Crippen LogP) is 1.35. The maximum Gasteiger partial charge on any atom is 0.182 e. The highest BCUT2D eigenvalue weighted by Gasteiger charge is 1.98. The molecule has 0 unspecified atom stereocenters. The third-order valence-corrected chi connectivity index (χ3v) is 2.23. The van der Waals surface area contributed by atoms with Gasteiger partial charge in [0.05, 0.1) is 0 Å². The van der Waals surface area contributed by atoms with Crippen molar-refractivity contribution in [2.24, 2.45) is 0 Å². The van der Waals surface area contributed by atoms with Crippen molar-refractivity contribution in [2.75, 3.05) is 17.2 Å². The van der Waals surface area contributed by atoms with Crippen LogP contribution in [0.1, 0.15) is 5.56 Å². The van der Waals surface area contributed by atoms with E-state index in [1.54, 1.807) is 6.07 Å². The molecule has 0 spiro atoms. The standard InChI is InChI=1S/C11H12N6/c12-7-15-11-5-10(16-8-17-11)14-4-2-9-1-3-13-6-9/h1,3,5-6,8,13H,2,4H2,(H2,14,15,16,17). The molecule has 0 saturated carbocycles. The van der Waals surface area contributed by atoms with Gasteiger partial charge in [-0.25, -0.2) is 9.97 Å². The fraction of sp³-hybridized carbons (Fsp3) is 0.182. The van der Waals surface area contributed by atoms with Crippen LogP contribution in [0.2, 0.25) is 0 Å². The average Bonchev–Trinajstić information content (AvgIpc) is 2.83. The minimum absolute atomic E-state index is 0.492. The molecule has 0 fully saturated rings. The smallest absolute Gasteiger partial charge is 0.182 e. The Balaban J connectivity index is 1.86. The van der Waals surface area contributed by atoms with Crippen LogP contribution in [0.25, 0.3) is 0 Å². The van der Waals surface area contributed by atoms with Gasteiger partial charge in [-0.1, -0.05) is 0 Å². The quantitative estimate of drug-likeness (QED) is 0.531. The Labute approximate surface area is 98.7 Å². The zero-order valence-corrected chi connectivity index (χ0v) is 9.14. The summed E-state index contributed by atoms with van der Waals surface area (Å²) in [5.74, 6) is 1.19. The lowest BCUT2D eigenvalue weighted by atomic mass is 10.2. The number of hydrogen-bond donors (Lipinski definition) is 3. The molecule has 0 aliphatic heterocycles. The molecular weight excluding hydrogens is 216 g/mol. The maximum atomic E-state index is 8.47. The van der Waals surface area contributed by atoms with E-state index in [0.29, 0.717) is 11.6 Å². The fourth-order valence-corrected chi connectivity index (χ4v) is 1.43. The first-order chi connectivity index (χ1) is 8.38. The van der Waals surface area contributed by atoms with E-state index in [9.17, 15) is 0 Å². The third-order valence-electron chi connectivity index (χ3n) is 2.23. The maximum absolute atomic E-state index is 8.47. The van der Waals surface area contributed by atoms with Crippen molar-refractivity contribution < 1.29 is 0 Å². The number of hydrogen-bond acceptors (Lipinski definition) is 5. The number of anilines is 2. The van der Waals surface area contributed by atoms with Gasteiger partial charge in [-0.2, -0.15) is 5.26 Å². The minimum atomic E-state index is 0.492. The van der Waals surface area contributed by atoms with Gasteiger partial charge in [0.15, 0.2) is 6.19 Å². The normalized spacial score (nSPS) is 9.59. The zero-order valence-electron chi connectivity index (χ0n) is 9.14. The van der Waals surface area contributed by atoms with Crippen LogP contribution >= 0.6 is 0 Å². The number of H-pyrrole nitrogens is 1. The summed E-state index contributed by atoms with van der Waals surface area (Å²) in [7, 11) is 0. The Morgan fingerprint density at radius 1 is 1.35 bits per heavy atom. The number of rotatable bonds is 5. The molecule has 0 bridgehead atoms. The Bertz CT molecular complexity index is 499. The predicted molar refractivity (Wildman–Crippen MR) is 64.3 cm³/mol. The first-order valence-electron chi connectivity index (χ1n) is 5.21. The largest absolute Gasteiger partial charge is 0.370 e. The van der Waals surface area contributed by atoms with E-state index in [0.717, 1.165) is 13.0 Å². The molecular formula is C11H12N6. The number of nitriles is 1. The highest BCUT2D eigenvalue weighted by molar-refractivity contribution is 5.48. The van der Waals surface area contributed by atoms with Crippen LogP contribution in [0.4, 0.5) is 11.6 Å². The molecule has 2 heterocycles. The van der Waals surface area contributed by atoms with Gasteiger partial charge in [0, 0.05) is 25.0 Å². The molecule has 6 heteroatoms. The van der Waals surface area contributed by atoms with Crippen molar-refractivity contribution in [2.45, 2.75) is 6.42 Å². The van der Waals surface area contributed by atoms with E-state index in [4.69, 9.17) is 5.26 Å². The molecule has 0 amide bonds. The van der Waals surface area contributed by atoms with Crippen molar-refractivity contribution >= 4 is 11.6 Å². The summed E-state index contributed by atoms with van der Waals surface area (Å²) < 4.78 is 0. The molecule has 0 aliphatic rings. The number of nitrogens with one attached hydrogen (secondary N) is 3. The Morgan fingerprint density at radius 3 is 3.00 bits per heavy atom. The summed E-state index contributed by atoms with van der Waals surface area (Å²) in [6.07, 6.45) is 8.00. The van der Waals surface area contributed by atoms with Crippen molar-refractivity contribution in [3.05, 3.63) is 36.4 Å². The van der Waals surface area contributed by atoms with Crippen molar-refractivity contribution in [3.63, 3.8) is 0 Å². The molecule has 0 saturated heterocycles. The second-order valence-corrected chi connectivity index (χ2v) is 3.42. The molecule has 6 nitrogen and oxygen atoms in total. The van der Waals surface area contributed by atoms with Gasteiger partial charge in [0.1, 0.15) is 18.0 Å². The molecule has 3 N–H and O–H groups in total. The summed E-state index contributed by atoms with van der Waals surface area (Å²) in [6.45, 7) is 0.779. The Kier molecular flexibility index (Phi) is 3.55. The second kappa shape index (κ2) is 5.51. The SMILES string of the molecule is N#CNc1cc(NCCc2cc[nH]c2)ncn1. The van der Waals surface area contributed by atoms with E-state index in [2.05, 4.69) is 25.6 Å². The molecule has 0 aromatic carbocycles. The van der Waals surface area contributed by atoms with E-state index in [1.165, 1.54) is 11.9 Å². The second-order valence-electron chi connectivity index (χ2n) is 3.42. The molecule has 0 radical (unpaired) electrons. The van der Waals surface area contributed by atoms with Crippen molar-refractivity contribution in [1.29, 1.82) is 5.26 Å². The summed E-state index contributed by atoms with van der Waals surface area (Å²) in [5.41, 5.74) is 1.24. The summed E-state index contributed by atoms with van der Waals surface area (Å²) >= 11 is 0. The summed E-state index contributed by atoms with van der Waals surface area (Å²) in [4.78, 5) is 11.0. The van der Waals surface area contributed by atoms with Crippen LogP contribution in [0.5, 0.6) is 0 Å². The van der Waals surface area contributed by atoms with E-state index in [1.807, 2.05) is 24.7 Å². The van der Waals surface area contributed by atoms with Crippen molar-refractivity contribution in [1.82, 2.24) is 15.0 Å².